The summed E-state index contributed by atoms with van der Waals surface area (Å²) >= 11 is 2.82. The van der Waals surface area contributed by atoms with Crippen LogP contribution >= 0.6 is 15.9 Å². The highest BCUT2D eigenvalue weighted by Crippen LogP contribution is 2.38. The van der Waals surface area contributed by atoms with Crippen molar-refractivity contribution in [3.8, 4) is 0 Å². The van der Waals surface area contributed by atoms with Crippen LogP contribution in [0.4, 0.5) is 13.2 Å². The monoisotopic (exact) mass is 275 g/mol. The number of fused-ring (bicyclic) bond motifs is 1. The Morgan fingerprint density at radius 1 is 1.13 bits per heavy atom. The molecular formula is C10H5BrF3N. The summed E-state index contributed by atoms with van der Waals surface area (Å²) < 4.78 is 38.0. The number of halogens is 4. The van der Waals surface area contributed by atoms with Crippen LogP contribution in [0.15, 0.2) is 35.1 Å². The first-order chi connectivity index (χ1) is 7.00. The van der Waals surface area contributed by atoms with Crippen LogP contribution in [0.3, 0.4) is 0 Å². The quantitative estimate of drug-likeness (QED) is 0.662. The molecule has 5 heteroatoms. The predicted octanol–water partition coefficient (Wildman–Crippen LogP) is 4.02. The molecule has 15 heavy (non-hydrogen) atoms. The molecule has 0 atom stereocenters. The van der Waals surface area contributed by atoms with Gasteiger partial charge in [0.25, 0.3) is 0 Å². The van der Waals surface area contributed by atoms with E-state index in [1.165, 1.54) is 12.3 Å². The summed E-state index contributed by atoms with van der Waals surface area (Å²) in [6, 6.07) is 6.29. The van der Waals surface area contributed by atoms with Gasteiger partial charge in [-0.15, -0.1) is 0 Å². The molecule has 0 aliphatic carbocycles. The van der Waals surface area contributed by atoms with E-state index in [0.29, 0.717) is 5.39 Å². The molecule has 78 valence electrons. The first-order valence-corrected chi connectivity index (χ1v) is 4.90. The van der Waals surface area contributed by atoms with E-state index in [2.05, 4.69) is 20.9 Å². The highest BCUT2D eigenvalue weighted by molar-refractivity contribution is 9.10. The molecule has 0 aliphatic heterocycles. The van der Waals surface area contributed by atoms with Gasteiger partial charge >= 0.3 is 6.18 Å². The highest BCUT2D eigenvalue weighted by atomic mass is 79.9. The smallest absolute Gasteiger partial charge is 0.248 e. The molecular weight excluding hydrogens is 271 g/mol. The number of hydrogen-bond donors (Lipinski definition) is 0. The molecule has 0 fully saturated rings. The molecule has 2 rings (SSSR count). The van der Waals surface area contributed by atoms with Crippen molar-refractivity contribution in [2.45, 2.75) is 6.18 Å². The van der Waals surface area contributed by atoms with Crippen molar-refractivity contribution in [1.82, 2.24) is 4.98 Å². The largest absolute Gasteiger partial charge is 0.419 e. The second-order valence-electron chi connectivity index (χ2n) is 3.01. The SMILES string of the molecule is FC(F)(F)c1c(Br)ncc2ccccc12. The zero-order valence-electron chi connectivity index (χ0n) is 7.35. The van der Waals surface area contributed by atoms with Gasteiger partial charge < -0.3 is 0 Å². The zero-order chi connectivity index (χ0) is 11.1. The van der Waals surface area contributed by atoms with Gasteiger partial charge in [0, 0.05) is 11.6 Å². The van der Waals surface area contributed by atoms with Gasteiger partial charge in [-0.2, -0.15) is 13.2 Å². The van der Waals surface area contributed by atoms with E-state index >= 15 is 0 Å². The molecule has 1 aromatic heterocycles. The van der Waals surface area contributed by atoms with Crippen molar-refractivity contribution in [1.29, 1.82) is 0 Å². The number of nitrogens with zero attached hydrogens (tertiary/aromatic N) is 1. The minimum absolute atomic E-state index is 0.159. The van der Waals surface area contributed by atoms with E-state index in [1.807, 2.05) is 0 Å². The number of aromatic nitrogens is 1. The fraction of sp³-hybridized carbons (Fsp3) is 0.100. The van der Waals surface area contributed by atoms with Gasteiger partial charge in [-0.1, -0.05) is 24.3 Å². The maximum atomic E-state index is 12.7. The van der Waals surface area contributed by atoms with Crippen LogP contribution in [0.1, 0.15) is 5.56 Å². The summed E-state index contributed by atoms with van der Waals surface area (Å²) in [5.41, 5.74) is -0.722. The van der Waals surface area contributed by atoms with Crippen molar-refractivity contribution >= 4 is 26.7 Å². The van der Waals surface area contributed by atoms with Gasteiger partial charge in [0.05, 0.1) is 5.56 Å². The van der Waals surface area contributed by atoms with Crippen LogP contribution in [-0.2, 0) is 6.18 Å². The lowest BCUT2D eigenvalue weighted by atomic mass is 10.1. The Bertz CT molecular complexity index is 507. The Balaban J connectivity index is 2.86. The van der Waals surface area contributed by atoms with Gasteiger partial charge in [0.1, 0.15) is 4.60 Å². The van der Waals surface area contributed by atoms with Gasteiger partial charge in [-0.05, 0) is 21.3 Å². The second-order valence-corrected chi connectivity index (χ2v) is 3.76. The molecule has 0 unspecified atom stereocenters. The summed E-state index contributed by atoms with van der Waals surface area (Å²) in [5, 5.41) is 0.639. The number of benzene rings is 1. The van der Waals surface area contributed by atoms with Crippen LogP contribution in [0.5, 0.6) is 0 Å². The molecule has 0 saturated carbocycles. The first-order valence-electron chi connectivity index (χ1n) is 4.10. The fourth-order valence-electron chi connectivity index (χ4n) is 1.41. The van der Waals surface area contributed by atoms with E-state index in [1.54, 1.807) is 18.2 Å². The van der Waals surface area contributed by atoms with Crippen LogP contribution in [-0.4, -0.2) is 4.98 Å². The topological polar surface area (TPSA) is 12.9 Å². The number of hydrogen-bond acceptors (Lipinski definition) is 1. The zero-order valence-corrected chi connectivity index (χ0v) is 8.93. The van der Waals surface area contributed by atoms with Crippen molar-refractivity contribution in [2.75, 3.05) is 0 Å². The van der Waals surface area contributed by atoms with Crippen LogP contribution in [0.2, 0.25) is 0 Å². The van der Waals surface area contributed by atoms with Crippen molar-refractivity contribution in [3.63, 3.8) is 0 Å². The Hall–Kier alpha value is -1.10. The Kier molecular flexibility index (Phi) is 2.42. The summed E-state index contributed by atoms with van der Waals surface area (Å²) in [5.74, 6) is 0. The average molecular weight is 276 g/mol. The normalized spacial score (nSPS) is 12.0. The number of alkyl halides is 3. The standard InChI is InChI=1S/C10H5BrF3N/c11-9-8(10(12,13)14)7-4-2-1-3-6(7)5-15-9/h1-5H. The maximum Gasteiger partial charge on any atom is 0.419 e. The van der Waals surface area contributed by atoms with Gasteiger partial charge in [-0.25, -0.2) is 4.98 Å². The van der Waals surface area contributed by atoms with E-state index in [-0.39, 0.29) is 9.99 Å². The fourth-order valence-corrected chi connectivity index (χ4v) is 1.95. The van der Waals surface area contributed by atoms with Gasteiger partial charge in [0.15, 0.2) is 0 Å². The van der Waals surface area contributed by atoms with Gasteiger partial charge in [0.2, 0.25) is 0 Å². The third kappa shape index (κ3) is 1.84. The molecule has 0 aliphatic rings. The minimum Gasteiger partial charge on any atom is -0.248 e. The number of rotatable bonds is 0. The molecule has 0 radical (unpaired) electrons. The highest BCUT2D eigenvalue weighted by Gasteiger charge is 2.35. The maximum absolute atomic E-state index is 12.7. The van der Waals surface area contributed by atoms with Crippen molar-refractivity contribution in [2.24, 2.45) is 0 Å². The van der Waals surface area contributed by atoms with Crippen LogP contribution in [0, 0.1) is 0 Å². The molecule has 2 aromatic rings. The first kappa shape index (κ1) is 10.4. The van der Waals surface area contributed by atoms with E-state index in [4.69, 9.17) is 0 Å². The van der Waals surface area contributed by atoms with Crippen molar-refractivity contribution in [3.05, 3.63) is 40.6 Å². The molecule has 1 heterocycles. The molecule has 0 bridgehead atoms. The van der Waals surface area contributed by atoms with Crippen LogP contribution in [0.25, 0.3) is 10.8 Å². The third-order valence-corrected chi connectivity index (χ3v) is 2.64. The van der Waals surface area contributed by atoms with E-state index < -0.39 is 11.7 Å². The molecule has 0 amide bonds. The Labute approximate surface area is 92.1 Å². The summed E-state index contributed by atoms with van der Waals surface area (Å²) in [4.78, 5) is 3.67. The summed E-state index contributed by atoms with van der Waals surface area (Å²) in [6.45, 7) is 0. The summed E-state index contributed by atoms with van der Waals surface area (Å²) in [6.07, 6.45) is -2.98. The second kappa shape index (κ2) is 3.48. The van der Waals surface area contributed by atoms with Crippen molar-refractivity contribution < 1.29 is 13.2 Å². The van der Waals surface area contributed by atoms with Gasteiger partial charge in [-0.3, -0.25) is 0 Å². The average Bonchev–Trinajstić information content (AvgIpc) is 2.15. The lowest BCUT2D eigenvalue weighted by Gasteiger charge is -2.11. The summed E-state index contributed by atoms with van der Waals surface area (Å²) in [7, 11) is 0. The lowest BCUT2D eigenvalue weighted by molar-refractivity contribution is -0.137. The molecule has 1 aromatic carbocycles. The number of pyridine rings is 1. The molecule has 0 saturated heterocycles. The lowest BCUT2D eigenvalue weighted by Crippen LogP contribution is -2.08. The third-order valence-electron chi connectivity index (χ3n) is 2.04. The minimum atomic E-state index is -4.40. The Morgan fingerprint density at radius 2 is 1.80 bits per heavy atom. The molecule has 1 nitrogen and oxygen atoms in total. The molecule has 0 N–H and O–H groups in total. The molecule has 0 spiro atoms. The van der Waals surface area contributed by atoms with E-state index in [0.717, 1.165) is 0 Å². The van der Waals surface area contributed by atoms with E-state index in [9.17, 15) is 13.2 Å². The Morgan fingerprint density at radius 3 is 2.47 bits per heavy atom. The predicted molar refractivity (Wildman–Crippen MR) is 54.4 cm³/mol. The van der Waals surface area contributed by atoms with Crippen LogP contribution < -0.4 is 0 Å².